The molecule has 0 aliphatic carbocycles. The number of nitrogens with zero attached hydrogens (tertiary/aromatic N) is 3. The fourth-order valence-corrected chi connectivity index (χ4v) is 1.78. The number of rotatable bonds is 6. The van der Waals surface area contributed by atoms with Crippen LogP contribution in [0, 0.1) is 13.8 Å². The van der Waals surface area contributed by atoms with E-state index < -0.39 is 0 Å². The molecule has 5 nitrogen and oxygen atoms in total. The van der Waals surface area contributed by atoms with Gasteiger partial charge in [-0.05, 0) is 40.9 Å². The zero-order valence-electron chi connectivity index (χ0n) is 11.5. The van der Waals surface area contributed by atoms with Gasteiger partial charge in [0.2, 0.25) is 5.91 Å². The predicted molar refractivity (Wildman–Crippen MR) is 72.9 cm³/mol. The molecule has 0 aliphatic heterocycles. The molecular weight excluding hydrogens is 252 g/mol. The molecule has 0 spiro atoms. The Kier molecular flexibility index (Phi) is 5.62. The highest BCUT2D eigenvalue weighted by molar-refractivity contribution is 6.31. The predicted octanol–water partition coefficient (Wildman–Crippen LogP) is 1.22. The monoisotopic (exact) mass is 272 g/mol. The van der Waals surface area contributed by atoms with Gasteiger partial charge in [0.25, 0.3) is 0 Å². The van der Waals surface area contributed by atoms with Gasteiger partial charge in [-0.15, -0.1) is 0 Å². The number of halogens is 1. The molecule has 102 valence electrons. The first-order chi connectivity index (χ1) is 8.41. The Labute approximate surface area is 113 Å². The molecule has 0 fully saturated rings. The van der Waals surface area contributed by atoms with Crippen LogP contribution in [-0.4, -0.2) is 47.8 Å². The first-order valence-corrected chi connectivity index (χ1v) is 6.40. The SMILES string of the molecule is Cc1nn(CC(=O)NCCCN(C)C)c(C)c1Cl. The van der Waals surface area contributed by atoms with Crippen LogP contribution in [0.2, 0.25) is 5.02 Å². The maximum atomic E-state index is 11.7. The van der Waals surface area contributed by atoms with Gasteiger partial charge in [0.15, 0.2) is 0 Å². The van der Waals surface area contributed by atoms with E-state index in [1.165, 1.54) is 0 Å². The highest BCUT2D eigenvalue weighted by atomic mass is 35.5. The Bertz CT molecular complexity index is 414. The Hall–Kier alpha value is -1.07. The van der Waals surface area contributed by atoms with Gasteiger partial charge in [0.05, 0.1) is 16.4 Å². The Morgan fingerprint density at radius 1 is 1.44 bits per heavy atom. The highest BCUT2D eigenvalue weighted by Gasteiger charge is 2.11. The topological polar surface area (TPSA) is 50.2 Å². The molecule has 1 aromatic heterocycles. The summed E-state index contributed by atoms with van der Waals surface area (Å²) in [6.07, 6.45) is 0.941. The van der Waals surface area contributed by atoms with Crippen LogP contribution >= 0.6 is 11.6 Å². The zero-order chi connectivity index (χ0) is 13.7. The van der Waals surface area contributed by atoms with Crippen molar-refractivity contribution >= 4 is 17.5 Å². The van der Waals surface area contributed by atoms with E-state index in [0.29, 0.717) is 11.6 Å². The minimum Gasteiger partial charge on any atom is -0.354 e. The molecule has 0 radical (unpaired) electrons. The number of carbonyl (C=O) groups excluding carboxylic acids is 1. The maximum absolute atomic E-state index is 11.7. The van der Waals surface area contributed by atoms with E-state index in [9.17, 15) is 4.79 Å². The van der Waals surface area contributed by atoms with Gasteiger partial charge in [0, 0.05) is 6.54 Å². The van der Waals surface area contributed by atoms with Gasteiger partial charge in [-0.1, -0.05) is 11.6 Å². The number of aryl methyl sites for hydroxylation is 1. The van der Waals surface area contributed by atoms with Crippen LogP contribution in [-0.2, 0) is 11.3 Å². The molecule has 1 aromatic rings. The number of amides is 1. The number of carbonyl (C=O) groups is 1. The second-order valence-corrected chi connectivity index (χ2v) is 5.03. The van der Waals surface area contributed by atoms with Gasteiger partial charge >= 0.3 is 0 Å². The van der Waals surface area contributed by atoms with Crippen LogP contribution in [0.15, 0.2) is 0 Å². The smallest absolute Gasteiger partial charge is 0.241 e. The first-order valence-electron chi connectivity index (χ1n) is 6.02. The third kappa shape index (κ3) is 4.31. The molecule has 1 heterocycles. The van der Waals surface area contributed by atoms with E-state index in [4.69, 9.17) is 11.6 Å². The minimum absolute atomic E-state index is 0.0315. The van der Waals surface area contributed by atoms with Crippen LogP contribution in [0.3, 0.4) is 0 Å². The molecule has 0 saturated heterocycles. The average molecular weight is 273 g/mol. The molecule has 6 heteroatoms. The summed E-state index contributed by atoms with van der Waals surface area (Å²) in [5.41, 5.74) is 1.59. The van der Waals surface area contributed by atoms with Gasteiger partial charge in [-0.25, -0.2) is 0 Å². The second-order valence-electron chi connectivity index (χ2n) is 4.65. The van der Waals surface area contributed by atoms with Crippen LogP contribution in [0.5, 0.6) is 0 Å². The summed E-state index contributed by atoms with van der Waals surface area (Å²) in [4.78, 5) is 13.8. The van der Waals surface area contributed by atoms with Crippen molar-refractivity contribution in [2.75, 3.05) is 27.2 Å². The lowest BCUT2D eigenvalue weighted by Gasteiger charge is -2.10. The molecule has 0 bridgehead atoms. The van der Waals surface area contributed by atoms with Gasteiger partial charge in [-0.3, -0.25) is 9.48 Å². The van der Waals surface area contributed by atoms with Gasteiger partial charge in [-0.2, -0.15) is 5.10 Å². The standard InChI is InChI=1S/C12H21ClN4O/c1-9-12(13)10(2)17(15-9)8-11(18)14-6-5-7-16(3)4/h5-8H2,1-4H3,(H,14,18). The fourth-order valence-electron chi connectivity index (χ4n) is 1.64. The summed E-state index contributed by atoms with van der Waals surface area (Å²) < 4.78 is 1.64. The molecule has 0 unspecified atom stereocenters. The molecule has 0 saturated carbocycles. The van der Waals surface area contributed by atoms with Gasteiger partial charge in [0.1, 0.15) is 6.54 Å². The summed E-state index contributed by atoms with van der Waals surface area (Å²) >= 11 is 6.02. The van der Waals surface area contributed by atoms with E-state index in [1.807, 2.05) is 27.9 Å². The molecule has 1 N–H and O–H groups in total. The molecule has 0 aromatic carbocycles. The average Bonchev–Trinajstić information content (AvgIpc) is 2.52. The van der Waals surface area contributed by atoms with Crippen LogP contribution in [0.25, 0.3) is 0 Å². The summed E-state index contributed by atoms with van der Waals surface area (Å²) in [5, 5.41) is 7.73. The van der Waals surface area contributed by atoms with Crippen LogP contribution < -0.4 is 5.32 Å². The Morgan fingerprint density at radius 2 is 2.11 bits per heavy atom. The normalized spacial score (nSPS) is 11.0. The molecular formula is C12H21ClN4O. The van der Waals surface area contributed by atoms with E-state index >= 15 is 0 Å². The summed E-state index contributed by atoms with van der Waals surface area (Å²) in [7, 11) is 4.03. The zero-order valence-corrected chi connectivity index (χ0v) is 12.2. The quantitative estimate of drug-likeness (QED) is 0.793. The largest absolute Gasteiger partial charge is 0.354 e. The lowest BCUT2D eigenvalue weighted by atomic mass is 10.4. The Balaban J connectivity index is 2.38. The number of hydrogen-bond donors (Lipinski definition) is 1. The molecule has 18 heavy (non-hydrogen) atoms. The molecule has 1 rings (SSSR count). The van der Waals surface area contributed by atoms with Crippen molar-refractivity contribution in [3.63, 3.8) is 0 Å². The third-order valence-electron chi connectivity index (χ3n) is 2.69. The van der Waals surface area contributed by atoms with E-state index in [2.05, 4.69) is 15.3 Å². The highest BCUT2D eigenvalue weighted by Crippen LogP contribution is 2.18. The van der Waals surface area contributed by atoms with Crippen molar-refractivity contribution in [2.24, 2.45) is 0 Å². The minimum atomic E-state index is -0.0315. The lowest BCUT2D eigenvalue weighted by molar-refractivity contribution is -0.121. The first kappa shape index (κ1) is 15.0. The fraction of sp³-hybridized carbons (Fsp3) is 0.667. The van der Waals surface area contributed by atoms with Crippen LogP contribution in [0.4, 0.5) is 0 Å². The second kappa shape index (κ2) is 6.75. The van der Waals surface area contributed by atoms with E-state index in [0.717, 1.165) is 24.4 Å². The summed E-state index contributed by atoms with van der Waals surface area (Å²) in [6.45, 7) is 5.57. The Morgan fingerprint density at radius 3 is 2.61 bits per heavy atom. The number of nitrogens with one attached hydrogen (secondary N) is 1. The van der Waals surface area contributed by atoms with Crippen molar-refractivity contribution in [3.8, 4) is 0 Å². The number of aromatic nitrogens is 2. The van der Waals surface area contributed by atoms with Crippen molar-refractivity contribution < 1.29 is 4.79 Å². The molecule has 0 atom stereocenters. The molecule has 0 aliphatic rings. The van der Waals surface area contributed by atoms with E-state index in [1.54, 1.807) is 4.68 Å². The summed E-state index contributed by atoms with van der Waals surface area (Å²) in [5.74, 6) is -0.0315. The van der Waals surface area contributed by atoms with Crippen LogP contribution in [0.1, 0.15) is 17.8 Å². The van der Waals surface area contributed by atoms with Crippen molar-refractivity contribution in [1.29, 1.82) is 0 Å². The maximum Gasteiger partial charge on any atom is 0.241 e. The lowest BCUT2D eigenvalue weighted by Crippen LogP contribution is -2.30. The van der Waals surface area contributed by atoms with Gasteiger partial charge < -0.3 is 10.2 Å². The number of hydrogen-bond acceptors (Lipinski definition) is 3. The van der Waals surface area contributed by atoms with E-state index in [-0.39, 0.29) is 12.5 Å². The third-order valence-corrected chi connectivity index (χ3v) is 3.24. The van der Waals surface area contributed by atoms with Crippen molar-refractivity contribution in [2.45, 2.75) is 26.8 Å². The summed E-state index contributed by atoms with van der Waals surface area (Å²) in [6, 6.07) is 0. The van der Waals surface area contributed by atoms with Crippen molar-refractivity contribution in [3.05, 3.63) is 16.4 Å². The van der Waals surface area contributed by atoms with Crippen molar-refractivity contribution in [1.82, 2.24) is 20.0 Å². The molecule has 1 amide bonds.